The van der Waals surface area contributed by atoms with Crippen LogP contribution < -0.4 is 0 Å². The largest absolute Gasteiger partial charge is 0.479 e. The van der Waals surface area contributed by atoms with Gasteiger partial charge in [0.05, 0.1) is 0 Å². The predicted molar refractivity (Wildman–Crippen MR) is 82.0 cm³/mol. The molecule has 4 nitrogen and oxygen atoms in total. The first-order chi connectivity index (χ1) is 10.6. The minimum atomic E-state index is -1.27. The lowest BCUT2D eigenvalue weighted by Crippen LogP contribution is -2.48. The summed E-state index contributed by atoms with van der Waals surface area (Å²) >= 11 is 0. The second kappa shape index (κ2) is 5.64. The Balaban J connectivity index is 2.04. The van der Waals surface area contributed by atoms with Gasteiger partial charge in [0.1, 0.15) is 0 Å². The number of amides is 1. The summed E-state index contributed by atoms with van der Waals surface area (Å²) in [6, 6.07) is 18.5. The maximum absolute atomic E-state index is 12.3. The molecule has 1 aliphatic rings. The van der Waals surface area contributed by atoms with E-state index < -0.39 is 11.5 Å². The average Bonchev–Trinajstić information content (AvgIpc) is 2.87. The molecule has 0 aliphatic carbocycles. The fourth-order valence-corrected chi connectivity index (χ4v) is 3.12. The molecule has 3 rings (SSSR count). The van der Waals surface area contributed by atoms with Gasteiger partial charge in [-0.2, -0.15) is 0 Å². The summed E-state index contributed by atoms with van der Waals surface area (Å²) in [6.45, 7) is 0.306. The zero-order valence-electron chi connectivity index (χ0n) is 12.1. The van der Waals surface area contributed by atoms with Gasteiger partial charge in [0.25, 0.3) is 0 Å². The van der Waals surface area contributed by atoms with Crippen molar-refractivity contribution in [1.82, 2.24) is 4.90 Å². The van der Waals surface area contributed by atoms with Gasteiger partial charge in [-0.1, -0.05) is 60.7 Å². The minimum Gasteiger partial charge on any atom is -0.479 e. The van der Waals surface area contributed by atoms with Crippen LogP contribution in [0.4, 0.5) is 0 Å². The van der Waals surface area contributed by atoms with Crippen LogP contribution in [0.2, 0.25) is 0 Å². The number of carboxylic acid groups (broad SMARTS) is 1. The Kier molecular flexibility index (Phi) is 3.67. The highest BCUT2D eigenvalue weighted by Gasteiger charge is 2.52. The Morgan fingerprint density at radius 3 is 2.23 bits per heavy atom. The molecule has 22 heavy (non-hydrogen) atoms. The average molecular weight is 295 g/mol. The number of carboxylic acids is 1. The third kappa shape index (κ3) is 2.26. The normalized spacial score (nSPS) is 21.1. The molecule has 4 heteroatoms. The van der Waals surface area contributed by atoms with Gasteiger partial charge in [0.2, 0.25) is 5.91 Å². The van der Waals surface area contributed by atoms with Crippen LogP contribution in [0, 0.1) is 0 Å². The molecule has 0 radical (unpaired) electrons. The molecule has 1 heterocycles. The fraction of sp³-hybridized carbons (Fsp3) is 0.222. The van der Waals surface area contributed by atoms with Crippen molar-refractivity contribution in [3.05, 3.63) is 71.8 Å². The van der Waals surface area contributed by atoms with E-state index in [0.29, 0.717) is 18.5 Å². The Hall–Kier alpha value is -2.62. The van der Waals surface area contributed by atoms with Crippen molar-refractivity contribution in [2.75, 3.05) is 0 Å². The summed E-state index contributed by atoms with van der Waals surface area (Å²) < 4.78 is 0. The molecular weight excluding hydrogens is 278 g/mol. The predicted octanol–water partition coefficient (Wildman–Crippen LogP) is 2.79. The fourth-order valence-electron chi connectivity index (χ4n) is 3.12. The maximum Gasteiger partial charge on any atom is 0.334 e. The monoisotopic (exact) mass is 295 g/mol. The number of benzene rings is 2. The van der Waals surface area contributed by atoms with E-state index >= 15 is 0 Å². The summed E-state index contributed by atoms with van der Waals surface area (Å²) in [6.07, 6.45) is 0.562. The lowest BCUT2D eigenvalue weighted by molar-refractivity contribution is -0.155. The van der Waals surface area contributed by atoms with Crippen molar-refractivity contribution in [2.24, 2.45) is 0 Å². The summed E-state index contributed by atoms with van der Waals surface area (Å²) in [4.78, 5) is 25.9. The van der Waals surface area contributed by atoms with Crippen molar-refractivity contribution in [3.8, 4) is 0 Å². The molecule has 0 saturated carbocycles. The van der Waals surface area contributed by atoms with Crippen LogP contribution in [0.5, 0.6) is 0 Å². The first-order valence-electron chi connectivity index (χ1n) is 7.28. The molecule has 0 spiro atoms. The molecule has 112 valence electrons. The first-order valence-corrected chi connectivity index (χ1v) is 7.28. The quantitative estimate of drug-likeness (QED) is 0.943. The third-order valence-corrected chi connectivity index (χ3v) is 4.25. The van der Waals surface area contributed by atoms with Gasteiger partial charge in [-0.15, -0.1) is 0 Å². The van der Waals surface area contributed by atoms with Crippen molar-refractivity contribution in [1.29, 1.82) is 0 Å². The molecule has 1 N–H and O–H groups in total. The number of carbonyl (C=O) groups is 2. The molecule has 1 atom stereocenters. The van der Waals surface area contributed by atoms with Gasteiger partial charge in [-0.05, 0) is 17.5 Å². The number of nitrogens with zero attached hydrogens (tertiary/aromatic N) is 1. The van der Waals surface area contributed by atoms with E-state index in [4.69, 9.17) is 0 Å². The molecule has 0 bridgehead atoms. The van der Waals surface area contributed by atoms with Gasteiger partial charge in [-0.25, -0.2) is 4.79 Å². The molecule has 1 fully saturated rings. The van der Waals surface area contributed by atoms with E-state index in [9.17, 15) is 14.7 Å². The van der Waals surface area contributed by atoms with Crippen molar-refractivity contribution < 1.29 is 14.7 Å². The Labute approximate surface area is 129 Å². The molecule has 1 aliphatic heterocycles. The SMILES string of the molecule is O=C1CCC(C(=O)O)(c2ccccc2)N1Cc1ccccc1. The summed E-state index contributed by atoms with van der Waals surface area (Å²) in [5.41, 5.74) is 0.317. The Morgan fingerprint density at radius 1 is 1.05 bits per heavy atom. The smallest absolute Gasteiger partial charge is 0.334 e. The molecule has 2 aromatic carbocycles. The van der Waals surface area contributed by atoms with E-state index in [-0.39, 0.29) is 12.3 Å². The molecule has 1 saturated heterocycles. The number of aliphatic carboxylic acids is 1. The summed E-state index contributed by atoms with van der Waals surface area (Å²) in [7, 11) is 0. The molecule has 1 amide bonds. The number of likely N-dealkylation sites (tertiary alicyclic amines) is 1. The highest BCUT2D eigenvalue weighted by Crippen LogP contribution is 2.40. The Morgan fingerprint density at radius 2 is 1.64 bits per heavy atom. The molecule has 0 aromatic heterocycles. The van der Waals surface area contributed by atoms with E-state index in [1.807, 2.05) is 48.5 Å². The van der Waals surface area contributed by atoms with Crippen LogP contribution >= 0.6 is 0 Å². The van der Waals surface area contributed by atoms with Gasteiger partial charge in [0, 0.05) is 13.0 Å². The minimum absolute atomic E-state index is 0.116. The number of rotatable bonds is 4. The summed E-state index contributed by atoms with van der Waals surface area (Å²) in [5, 5.41) is 9.89. The van der Waals surface area contributed by atoms with E-state index in [1.54, 1.807) is 12.1 Å². The van der Waals surface area contributed by atoms with Crippen molar-refractivity contribution in [2.45, 2.75) is 24.9 Å². The molecule has 2 aromatic rings. The zero-order chi connectivity index (χ0) is 15.6. The van der Waals surface area contributed by atoms with Crippen LogP contribution in [0.3, 0.4) is 0 Å². The van der Waals surface area contributed by atoms with Crippen molar-refractivity contribution >= 4 is 11.9 Å². The van der Waals surface area contributed by atoms with Crippen LogP contribution in [0.1, 0.15) is 24.0 Å². The number of hydrogen-bond donors (Lipinski definition) is 1. The first kappa shape index (κ1) is 14.3. The van der Waals surface area contributed by atoms with Crippen LogP contribution in [0.15, 0.2) is 60.7 Å². The van der Waals surface area contributed by atoms with E-state index in [0.717, 1.165) is 5.56 Å². The number of hydrogen-bond acceptors (Lipinski definition) is 2. The van der Waals surface area contributed by atoms with Gasteiger partial charge in [0.15, 0.2) is 5.54 Å². The maximum atomic E-state index is 12.3. The zero-order valence-corrected chi connectivity index (χ0v) is 12.1. The van der Waals surface area contributed by atoms with Gasteiger partial charge in [-0.3, -0.25) is 4.79 Å². The lowest BCUT2D eigenvalue weighted by atomic mass is 9.87. The number of carbonyl (C=O) groups excluding carboxylic acids is 1. The Bertz CT molecular complexity index is 684. The van der Waals surface area contributed by atoms with Gasteiger partial charge >= 0.3 is 5.97 Å². The van der Waals surface area contributed by atoms with Crippen LogP contribution in [-0.4, -0.2) is 21.9 Å². The molecule has 1 unspecified atom stereocenters. The lowest BCUT2D eigenvalue weighted by Gasteiger charge is -2.35. The van der Waals surface area contributed by atoms with E-state index in [1.165, 1.54) is 4.90 Å². The summed E-state index contributed by atoms with van der Waals surface area (Å²) in [5.74, 6) is -1.09. The highest BCUT2D eigenvalue weighted by molar-refractivity contribution is 5.92. The highest BCUT2D eigenvalue weighted by atomic mass is 16.4. The van der Waals surface area contributed by atoms with Crippen LogP contribution in [0.25, 0.3) is 0 Å². The van der Waals surface area contributed by atoms with Crippen LogP contribution in [-0.2, 0) is 21.7 Å². The second-order valence-electron chi connectivity index (χ2n) is 5.50. The second-order valence-corrected chi connectivity index (χ2v) is 5.50. The third-order valence-electron chi connectivity index (χ3n) is 4.25. The van der Waals surface area contributed by atoms with E-state index in [2.05, 4.69) is 0 Å². The molecular formula is C18H17NO3. The topological polar surface area (TPSA) is 57.6 Å². The standard InChI is InChI=1S/C18H17NO3/c20-16-11-12-18(17(21)22,15-9-5-2-6-10-15)19(16)13-14-7-3-1-4-8-14/h1-10H,11-13H2,(H,21,22). The van der Waals surface area contributed by atoms with Crippen molar-refractivity contribution in [3.63, 3.8) is 0 Å². The van der Waals surface area contributed by atoms with Gasteiger partial charge < -0.3 is 10.0 Å².